The van der Waals surface area contributed by atoms with Crippen LogP contribution in [-0.4, -0.2) is 48.4 Å². The molecule has 2 aliphatic rings. The largest absolute Gasteiger partial charge is 0.474 e. The lowest BCUT2D eigenvalue weighted by Crippen LogP contribution is -2.38. The lowest BCUT2D eigenvalue weighted by atomic mass is 9.95. The van der Waals surface area contributed by atoms with E-state index in [1.807, 2.05) is 11.7 Å². The summed E-state index contributed by atoms with van der Waals surface area (Å²) in [7, 11) is 1.99. The lowest BCUT2D eigenvalue weighted by molar-refractivity contribution is 0.0943. The summed E-state index contributed by atoms with van der Waals surface area (Å²) >= 11 is 0. The predicted octanol–water partition coefficient (Wildman–Crippen LogP) is 4.64. The fourth-order valence-corrected chi connectivity index (χ4v) is 5.66. The Morgan fingerprint density at radius 3 is 2.44 bits per heavy atom. The Labute approximate surface area is 190 Å². The fourth-order valence-electron chi connectivity index (χ4n) is 5.66. The molecule has 0 unspecified atom stereocenters. The second-order valence-electron chi connectivity index (χ2n) is 9.76. The molecule has 172 valence electrons. The first-order valence-corrected chi connectivity index (χ1v) is 12.2. The molecule has 0 spiro atoms. The predicted molar refractivity (Wildman–Crippen MR) is 126 cm³/mol. The van der Waals surface area contributed by atoms with Crippen molar-refractivity contribution in [3.8, 4) is 5.88 Å². The molecular weight excluding hydrogens is 400 g/mol. The SMILES string of the molecule is Cc1nn(C)cc1CN1CCC(Oc2ncnc3c2c(C)c(C)n3C2CCCCC2)CC1. The average molecular weight is 437 g/mol. The van der Waals surface area contributed by atoms with Gasteiger partial charge in [-0.3, -0.25) is 9.58 Å². The zero-order valence-electron chi connectivity index (χ0n) is 20.0. The summed E-state index contributed by atoms with van der Waals surface area (Å²) in [5.74, 6) is 0.770. The van der Waals surface area contributed by atoms with Gasteiger partial charge in [0.05, 0.1) is 11.1 Å². The van der Waals surface area contributed by atoms with Crippen molar-refractivity contribution in [2.45, 2.75) is 84.4 Å². The minimum Gasteiger partial charge on any atom is -0.474 e. The molecule has 0 N–H and O–H groups in total. The van der Waals surface area contributed by atoms with Crippen molar-refractivity contribution in [1.29, 1.82) is 0 Å². The van der Waals surface area contributed by atoms with Crippen molar-refractivity contribution in [3.63, 3.8) is 0 Å². The number of rotatable bonds is 5. The van der Waals surface area contributed by atoms with Gasteiger partial charge in [-0.2, -0.15) is 5.10 Å². The average Bonchev–Trinajstić information content (AvgIpc) is 3.25. The molecule has 1 saturated heterocycles. The molecule has 2 fully saturated rings. The van der Waals surface area contributed by atoms with E-state index in [9.17, 15) is 0 Å². The highest BCUT2D eigenvalue weighted by Gasteiger charge is 2.27. The molecule has 0 bridgehead atoms. The third-order valence-corrected chi connectivity index (χ3v) is 7.56. The number of aromatic nitrogens is 5. The Bertz CT molecular complexity index is 1090. The summed E-state index contributed by atoms with van der Waals surface area (Å²) in [6.07, 6.45) is 12.6. The topological polar surface area (TPSA) is 61.0 Å². The molecule has 1 aliphatic heterocycles. The van der Waals surface area contributed by atoms with Crippen molar-refractivity contribution in [3.05, 3.63) is 35.0 Å². The van der Waals surface area contributed by atoms with Gasteiger partial charge in [-0.15, -0.1) is 0 Å². The van der Waals surface area contributed by atoms with E-state index in [1.165, 1.54) is 48.9 Å². The summed E-state index contributed by atoms with van der Waals surface area (Å²) in [6, 6.07) is 0.557. The van der Waals surface area contributed by atoms with E-state index in [2.05, 4.69) is 46.5 Å². The van der Waals surface area contributed by atoms with E-state index in [-0.39, 0.29) is 6.10 Å². The highest BCUT2D eigenvalue weighted by Crippen LogP contribution is 2.37. The molecule has 0 amide bonds. The van der Waals surface area contributed by atoms with Gasteiger partial charge in [-0.25, -0.2) is 9.97 Å². The minimum atomic E-state index is 0.206. The Hall–Kier alpha value is -2.41. The minimum absolute atomic E-state index is 0.206. The van der Waals surface area contributed by atoms with E-state index in [1.54, 1.807) is 6.33 Å². The summed E-state index contributed by atoms with van der Waals surface area (Å²) < 4.78 is 10.9. The Kier molecular flexibility index (Phi) is 5.93. The first-order chi connectivity index (χ1) is 15.5. The molecule has 5 rings (SSSR count). The van der Waals surface area contributed by atoms with Crippen molar-refractivity contribution in [2.24, 2.45) is 7.05 Å². The number of nitrogens with zero attached hydrogens (tertiary/aromatic N) is 6. The van der Waals surface area contributed by atoms with Crippen LogP contribution in [0.25, 0.3) is 11.0 Å². The third kappa shape index (κ3) is 4.03. The van der Waals surface area contributed by atoms with Gasteiger partial charge in [0.15, 0.2) is 0 Å². The van der Waals surface area contributed by atoms with Crippen LogP contribution in [0, 0.1) is 20.8 Å². The molecule has 3 aromatic rings. The standard InChI is InChI=1S/C25H36N6O/c1-17-19(3)31(21-8-6-5-7-9-21)24-23(17)25(27-16-26-24)32-22-10-12-30(13-11-22)15-20-14-29(4)28-18(20)2/h14,16,21-22H,5-13,15H2,1-4H3. The van der Waals surface area contributed by atoms with E-state index in [0.717, 1.165) is 55.1 Å². The van der Waals surface area contributed by atoms with Crippen LogP contribution >= 0.6 is 0 Å². The van der Waals surface area contributed by atoms with Gasteiger partial charge in [-0.1, -0.05) is 19.3 Å². The molecule has 4 heterocycles. The highest BCUT2D eigenvalue weighted by atomic mass is 16.5. The van der Waals surface area contributed by atoms with Crippen LogP contribution in [0.15, 0.2) is 12.5 Å². The maximum atomic E-state index is 6.52. The highest BCUT2D eigenvalue weighted by molar-refractivity contribution is 5.86. The van der Waals surface area contributed by atoms with Gasteiger partial charge >= 0.3 is 0 Å². The second-order valence-corrected chi connectivity index (χ2v) is 9.76. The van der Waals surface area contributed by atoms with Crippen LogP contribution in [0.1, 0.15) is 73.5 Å². The number of likely N-dealkylation sites (tertiary alicyclic amines) is 1. The van der Waals surface area contributed by atoms with Gasteiger partial charge < -0.3 is 9.30 Å². The molecular formula is C25H36N6O. The maximum absolute atomic E-state index is 6.52. The molecule has 32 heavy (non-hydrogen) atoms. The summed E-state index contributed by atoms with van der Waals surface area (Å²) in [5, 5.41) is 5.59. The van der Waals surface area contributed by atoms with Gasteiger partial charge in [0.2, 0.25) is 5.88 Å². The van der Waals surface area contributed by atoms with E-state index < -0.39 is 0 Å². The molecule has 0 atom stereocenters. The summed E-state index contributed by atoms with van der Waals surface area (Å²) in [4.78, 5) is 11.8. The number of ether oxygens (including phenoxy) is 1. The second kappa shape index (κ2) is 8.85. The summed E-state index contributed by atoms with van der Waals surface area (Å²) in [5.41, 5.74) is 6.09. The first kappa shape index (κ1) is 21.4. The first-order valence-electron chi connectivity index (χ1n) is 12.2. The van der Waals surface area contributed by atoms with Crippen molar-refractivity contribution >= 4 is 11.0 Å². The summed E-state index contributed by atoms with van der Waals surface area (Å²) in [6.45, 7) is 9.56. The van der Waals surface area contributed by atoms with Crippen molar-refractivity contribution in [2.75, 3.05) is 13.1 Å². The molecule has 1 saturated carbocycles. The van der Waals surface area contributed by atoms with E-state index in [0.29, 0.717) is 6.04 Å². The maximum Gasteiger partial charge on any atom is 0.226 e. The Morgan fingerprint density at radius 1 is 1.00 bits per heavy atom. The van der Waals surface area contributed by atoms with Gasteiger partial charge in [-0.05, 0) is 52.0 Å². The Balaban J connectivity index is 1.30. The fraction of sp³-hybridized carbons (Fsp3) is 0.640. The molecule has 0 radical (unpaired) electrons. The smallest absolute Gasteiger partial charge is 0.226 e. The molecule has 7 heteroatoms. The van der Waals surface area contributed by atoms with Crippen LogP contribution in [0.2, 0.25) is 0 Å². The van der Waals surface area contributed by atoms with Gasteiger partial charge in [0, 0.05) is 50.2 Å². The van der Waals surface area contributed by atoms with Crippen molar-refractivity contribution in [1.82, 2.24) is 29.2 Å². The molecule has 7 nitrogen and oxygen atoms in total. The number of fused-ring (bicyclic) bond motifs is 1. The molecule has 1 aliphatic carbocycles. The van der Waals surface area contributed by atoms with E-state index in [4.69, 9.17) is 9.72 Å². The molecule has 0 aromatic carbocycles. The number of hydrogen-bond donors (Lipinski definition) is 0. The van der Waals surface area contributed by atoms with Crippen LogP contribution in [-0.2, 0) is 13.6 Å². The van der Waals surface area contributed by atoms with Crippen LogP contribution in [0.4, 0.5) is 0 Å². The van der Waals surface area contributed by atoms with Gasteiger partial charge in [0.25, 0.3) is 0 Å². The molecule has 3 aromatic heterocycles. The zero-order chi connectivity index (χ0) is 22.2. The number of piperidine rings is 1. The zero-order valence-corrected chi connectivity index (χ0v) is 20.0. The third-order valence-electron chi connectivity index (χ3n) is 7.56. The van der Waals surface area contributed by atoms with Crippen LogP contribution < -0.4 is 4.74 Å². The van der Waals surface area contributed by atoms with Crippen LogP contribution in [0.5, 0.6) is 5.88 Å². The number of aryl methyl sites for hydroxylation is 3. The van der Waals surface area contributed by atoms with Gasteiger partial charge in [0.1, 0.15) is 18.1 Å². The lowest BCUT2D eigenvalue weighted by Gasteiger charge is -2.31. The normalized spacial score (nSPS) is 19.1. The number of hydrogen-bond acceptors (Lipinski definition) is 5. The van der Waals surface area contributed by atoms with E-state index >= 15 is 0 Å². The Morgan fingerprint density at radius 2 is 1.75 bits per heavy atom. The van der Waals surface area contributed by atoms with Crippen LogP contribution in [0.3, 0.4) is 0 Å². The van der Waals surface area contributed by atoms with Crippen molar-refractivity contribution < 1.29 is 4.74 Å². The monoisotopic (exact) mass is 436 g/mol. The quantitative estimate of drug-likeness (QED) is 0.583.